The van der Waals surface area contributed by atoms with Gasteiger partial charge in [-0.3, -0.25) is 14.4 Å². The molecule has 0 aromatic heterocycles. The fraction of sp³-hybridized carbons (Fsp3) is 0.757. The summed E-state index contributed by atoms with van der Waals surface area (Å²) in [5.74, 6) is -0.886. The predicted octanol–water partition coefficient (Wildman–Crippen LogP) is 22.3. The largest absolute Gasteiger partial charge is 0.462 e. The van der Waals surface area contributed by atoms with Gasteiger partial charge in [0.25, 0.3) is 0 Å². The highest BCUT2D eigenvalue weighted by Crippen LogP contribution is 2.16. The van der Waals surface area contributed by atoms with E-state index in [0.29, 0.717) is 19.3 Å². The molecule has 0 amide bonds. The van der Waals surface area contributed by atoms with Crippen LogP contribution in [0.2, 0.25) is 0 Å². The van der Waals surface area contributed by atoms with Gasteiger partial charge in [0.15, 0.2) is 6.10 Å². The number of rotatable bonds is 59. The molecule has 0 rings (SSSR count). The lowest BCUT2D eigenvalue weighted by molar-refractivity contribution is -0.167. The second-order valence-electron chi connectivity index (χ2n) is 21.6. The zero-order valence-electron chi connectivity index (χ0n) is 50.3. The minimum atomic E-state index is -0.783. The Morgan fingerprint density at radius 2 is 0.526 bits per heavy atom. The van der Waals surface area contributed by atoms with E-state index in [1.54, 1.807) is 0 Å². The summed E-state index contributed by atoms with van der Waals surface area (Å²) in [7, 11) is 0. The molecule has 0 heterocycles. The van der Waals surface area contributed by atoms with E-state index in [2.05, 4.69) is 106 Å². The molecule has 0 aliphatic rings. The first-order valence-electron chi connectivity index (χ1n) is 32.6. The molecular formula is C70H122O6. The standard InChI is InChI=1S/C70H122O6/c1-4-7-10-13-16-19-22-24-26-28-29-30-31-32-33-34-35-36-37-38-39-40-41-42-44-45-48-51-54-57-60-63-69(72)75-66-67(65-74-68(71)62-59-56-53-50-47-21-18-15-12-9-6-3)76-70(73)64-61-58-55-52-49-46-43-27-25-23-20-17-14-11-8-5-2/h7,10,15-16,18-19,24,26-27,29-30,32-33,43,67H,4-6,8-9,11-14,17,20-23,25,28,31,34-42,44-66H2,1-3H3/b10-7-,18-15-,19-16-,26-24-,30-29-,33-32-,43-27-. The van der Waals surface area contributed by atoms with Gasteiger partial charge in [-0.25, -0.2) is 0 Å². The molecule has 0 fully saturated rings. The first-order valence-corrected chi connectivity index (χ1v) is 32.6. The van der Waals surface area contributed by atoms with Crippen molar-refractivity contribution in [2.45, 2.75) is 329 Å². The highest BCUT2D eigenvalue weighted by atomic mass is 16.6. The molecule has 1 atom stereocenters. The summed E-state index contributed by atoms with van der Waals surface area (Å²) >= 11 is 0. The van der Waals surface area contributed by atoms with Crippen molar-refractivity contribution < 1.29 is 28.6 Å². The van der Waals surface area contributed by atoms with Gasteiger partial charge in [0.2, 0.25) is 0 Å². The number of carbonyl (C=O) groups is 3. The molecule has 0 aromatic carbocycles. The molecule has 438 valence electrons. The topological polar surface area (TPSA) is 78.9 Å². The Hall–Kier alpha value is -3.41. The van der Waals surface area contributed by atoms with Crippen molar-refractivity contribution >= 4 is 17.9 Å². The number of ether oxygens (including phenoxy) is 3. The van der Waals surface area contributed by atoms with Crippen LogP contribution in [0.4, 0.5) is 0 Å². The molecule has 0 bridgehead atoms. The van der Waals surface area contributed by atoms with Gasteiger partial charge in [-0.15, -0.1) is 0 Å². The minimum Gasteiger partial charge on any atom is -0.462 e. The van der Waals surface area contributed by atoms with Crippen LogP contribution in [0.1, 0.15) is 323 Å². The first-order chi connectivity index (χ1) is 37.5. The Morgan fingerprint density at radius 1 is 0.276 bits per heavy atom. The number of hydrogen-bond acceptors (Lipinski definition) is 6. The minimum absolute atomic E-state index is 0.0797. The Kier molecular flexibility index (Phi) is 61.2. The van der Waals surface area contributed by atoms with Crippen LogP contribution in [-0.4, -0.2) is 37.2 Å². The fourth-order valence-corrected chi connectivity index (χ4v) is 9.21. The summed E-state index contributed by atoms with van der Waals surface area (Å²) in [6.45, 7) is 6.50. The van der Waals surface area contributed by atoms with Gasteiger partial charge in [0.05, 0.1) is 0 Å². The van der Waals surface area contributed by atoms with Crippen LogP contribution in [0.25, 0.3) is 0 Å². The van der Waals surface area contributed by atoms with Gasteiger partial charge in [-0.05, 0) is 109 Å². The van der Waals surface area contributed by atoms with E-state index in [4.69, 9.17) is 14.2 Å². The number of hydrogen-bond donors (Lipinski definition) is 0. The van der Waals surface area contributed by atoms with Crippen LogP contribution < -0.4 is 0 Å². The van der Waals surface area contributed by atoms with E-state index in [9.17, 15) is 14.4 Å². The van der Waals surface area contributed by atoms with E-state index in [-0.39, 0.29) is 31.1 Å². The van der Waals surface area contributed by atoms with Crippen molar-refractivity contribution in [2.75, 3.05) is 13.2 Å². The lowest BCUT2D eigenvalue weighted by Gasteiger charge is -2.18. The third-order valence-electron chi connectivity index (χ3n) is 14.1. The van der Waals surface area contributed by atoms with Crippen LogP contribution in [-0.2, 0) is 28.6 Å². The van der Waals surface area contributed by atoms with Crippen molar-refractivity contribution in [3.63, 3.8) is 0 Å². The summed E-state index contributed by atoms with van der Waals surface area (Å²) < 4.78 is 16.9. The van der Waals surface area contributed by atoms with E-state index >= 15 is 0 Å². The maximum Gasteiger partial charge on any atom is 0.306 e. The highest BCUT2D eigenvalue weighted by molar-refractivity contribution is 5.71. The van der Waals surface area contributed by atoms with Crippen LogP contribution in [0.5, 0.6) is 0 Å². The van der Waals surface area contributed by atoms with Crippen molar-refractivity contribution in [2.24, 2.45) is 0 Å². The van der Waals surface area contributed by atoms with Gasteiger partial charge in [0, 0.05) is 19.3 Å². The molecule has 0 spiro atoms. The fourth-order valence-electron chi connectivity index (χ4n) is 9.21. The van der Waals surface area contributed by atoms with Gasteiger partial charge in [-0.2, -0.15) is 0 Å². The van der Waals surface area contributed by atoms with Crippen molar-refractivity contribution in [3.05, 3.63) is 85.1 Å². The lowest BCUT2D eigenvalue weighted by Crippen LogP contribution is -2.30. The number of esters is 3. The predicted molar refractivity (Wildman–Crippen MR) is 330 cm³/mol. The quantitative estimate of drug-likeness (QED) is 0.0261. The summed E-state index contributed by atoms with van der Waals surface area (Å²) in [4.78, 5) is 38.2. The van der Waals surface area contributed by atoms with E-state index in [1.807, 2.05) is 0 Å². The molecular weight excluding hydrogens is 937 g/mol. The summed E-state index contributed by atoms with van der Waals surface area (Å²) in [6, 6.07) is 0. The van der Waals surface area contributed by atoms with E-state index in [1.165, 1.54) is 173 Å². The molecule has 0 saturated heterocycles. The molecule has 0 aromatic rings. The zero-order valence-corrected chi connectivity index (χ0v) is 50.3. The third kappa shape index (κ3) is 61.4. The van der Waals surface area contributed by atoms with Crippen LogP contribution in [0.15, 0.2) is 85.1 Å². The first kappa shape index (κ1) is 72.6. The van der Waals surface area contributed by atoms with Crippen molar-refractivity contribution in [1.29, 1.82) is 0 Å². The molecule has 76 heavy (non-hydrogen) atoms. The third-order valence-corrected chi connectivity index (χ3v) is 14.1. The summed E-state index contributed by atoms with van der Waals surface area (Å²) in [5, 5.41) is 0. The Labute approximate surface area is 471 Å². The average molecular weight is 1060 g/mol. The molecule has 0 aliphatic heterocycles. The van der Waals surface area contributed by atoms with Gasteiger partial charge in [-0.1, -0.05) is 279 Å². The maximum absolute atomic E-state index is 12.9. The number of carbonyl (C=O) groups excluding carboxylic acids is 3. The Balaban J connectivity index is 4.17. The number of unbranched alkanes of at least 4 members (excludes halogenated alkanes) is 34. The Bertz CT molecular complexity index is 1450. The number of allylic oxidation sites excluding steroid dienone is 14. The molecule has 0 radical (unpaired) electrons. The molecule has 6 nitrogen and oxygen atoms in total. The van der Waals surface area contributed by atoms with E-state index in [0.717, 1.165) is 109 Å². The zero-order chi connectivity index (χ0) is 55.0. The van der Waals surface area contributed by atoms with Crippen molar-refractivity contribution in [3.8, 4) is 0 Å². The lowest BCUT2D eigenvalue weighted by atomic mass is 10.0. The van der Waals surface area contributed by atoms with Crippen LogP contribution in [0, 0.1) is 0 Å². The molecule has 0 saturated carbocycles. The summed E-state index contributed by atoms with van der Waals surface area (Å²) in [6.07, 6.45) is 84.6. The second-order valence-corrected chi connectivity index (χ2v) is 21.6. The molecule has 0 aliphatic carbocycles. The Morgan fingerprint density at radius 3 is 0.855 bits per heavy atom. The monoisotopic (exact) mass is 1060 g/mol. The van der Waals surface area contributed by atoms with Gasteiger partial charge >= 0.3 is 17.9 Å². The highest BCUT2D eigenvalue weighted by Gasteiger charge is 2.19. The molecule has 0 N–H and O–H groups in total. The van der Waals surface area contributed by atoms with Crippen LogP contribution in [0.3, 0.4) is 0 Å². The van der Waals surface area contributed by atoms with Gasteiger partial charge in [0.1, 0.15) is 13.2 Å². The SMILES string of the molecule is CC/C=C\C/C=C\C/C=C\C/C=C\C/C=C\CCCCCCCCCCCCCCCCCC(=O)OCC(COC(=O)CCCCCCC/C=C\CCCC)OC(=O)CCCCCCC/C=C\CCCCCCCCC. The van der Waals surface area contributed by atoms with Crippen LogP contribution >= 0.6 is 0 Å². The average Bonchev–Trinajstić information content (AvgIpc) is 3.42. The summed E-state index contributed by atoms with van der Waals surface area (Å²) in [5.41, 5.74) is 0. The molecule has 1 unspecified atom stereocenters. The second kappa shape index (κ2) is 64.1. The van der Waals surface area contributed by atoms with Crippen molar-refractivity contribution in [1.82, 2.24) is 0 Å². The van der Waals surface area contributed by atoms with E-state index < -0.39 is 6.10 Å². The maximum atomic E-state index is 12.9. The smallest absolute Gasteiger partial charge is 0.306 e. The van der Waals surface area contributed by atoms with Gasteiger partial charge < -0.3 is 14.2 Å². The molecule has 6 heteroatoms. The normalized spacial score (nSPS) is 12.6.